The molecule has 0 saturated carbocycles. The van der Waals surface area contributed by atoms with Crippen LogP contribution in [0.4, 0.5) is 13.2 Å². The third-order valence-corrected chi connectivity index (χ3v) is 6.08. The quantitative estimate of drug-likeness (QED) is 0.524. The number of aryl methyl sites for hydroxylation is 1. The number of carboxylic acid groups (broad SMARTS) is 1. The Morgan fingerprint density at radius 1 is 1.12 bits per heavy atom. The van der Waals surface area contributed by atoms with Crippen molar-refractivity contribution < 1.29 is 27.5 Å². The summed E-state index contributed by atoms with van der Waals surface area (Å²) < 4.78 is 45.6. The molecular weight excluding hydrogens is 361 g/mol. The Labute approximate surface area is 151 Å². The minimum Gasteiger partial charge on any atom is -0.481 e. The van der Waals surface area contributed by atoms with Crippen molar-refractivity contribution in [3.05, 3.63) is 53.0 Å². The third-order valence-electron chi connectivity index (χ3n) is 4.34. The fourth-order valence-corrected chi connectivity index (χ4v) is 3.86. The van der Waals surface area contributed by atoms with Gasteiger partial charge in [-0.2, -0.15) is 0 Å². The Morgan fingerprint density at radius 3 is 2.35 bits per heavy atom. The van der Waals surface area contributed by atoms with E-state index in [1.807, 2.05) is 6.07 Å². The van der Waals surface area contributed by atoms with Gasteiger partial charge in [0.2, 0.25) is 0 Å². The minimum atomic E-state index is -1.64. The van der Waals surface area contributed by atoms with Crippen LogP contribution in [0, 0.1) is 17.5 Å². The predicted molar refractivity (Wildman–Crippen MR) is 95.9 cm³/mol. The van der Waals surface area contributed by atoms with Crippen molar-refractivity contribution in [1.29, 1.82) is 0 Å². The van der Waals surface area contributed by atoms with Gasteiger partial charge in [-0.1, -0.05) is 19.6 Å². The molecule has 0 fully saturated rings. The highest BCUT2D eigenvalue weighted by Crippen LogP contribution is 2.27. The van der Waals surface area contributed by atoms with Gasteiger partial charge in [0.25, 0.3) is 0 Å². The highest BCUT2D eigenvalue weighted by atomic mass is 28.3. The van der Waals surface area contributed by atoms with E-state index in [2.05, 4.69) is 19.6 Å². The number of carboxylic acids is 1. The molecular formula is C19H23F3O3Si. The summed E-state index contributed by atoms with van der Waals surface area (Å²) in [7, 11) is -1.64. The number of aliphatic carboxylic acids is 1. The highest BCUT2D eigenvalue weighted by molar-refractivity contribution is 6.87. The van der Waals surface area contributed by atoms with E-state index in [4.69, 9.17) is 9.52 Å². The Bertz CT molecular complexity index is 781. The average molecular weight is 384 g/mol. The van der Waals surface area contributed by atoms with Crippen molar-refractivity contribution >= 4 is 19.4 Å². The summed E-state index contributed by atoms with van der Waals surface area (Å²) in [4.78, 5) is 11.2. The second-order valence-electron chi connectivity index (χ2n) is 7.54. The van der Waals surface area contributed by atoms with Crippen LogP contribution in [0.15, 0.2) is 28.9 Å². The van der Waals surface area contributed by atoms with E-state index in [0.29, 0.717) is 18.9 Å². The molecule has 1 N–H and O–H groups in total. The topological polar surface area (TPSA) is 50.4 Å². The van der Waals surface area contributed by atoms with E-state index >= 15 is 0 Å². The summed E-state index contributed by atoms with van der Waals surface area (Å²) in [6, 6.07) is 3.31. The molecule has 0 aliphatic rings. The molecule has 26 heavy (non-hydrogen) atoms. The van der Waals surface area contributed by atoms with E-state index in [1.165, 1.54) is 0 Å². The van der Waals surface area contributed by atoms with Gasteiger partial charge in [0.15, 0.2) is 11.6 Å². The highest BCUT2D eigenvalue weighted by Gasteiger charge is 2.24. The molecule has 0 bridgehead atoms. The number of carbonyl (C=O) groups is 1. The minimum absolute atomic E-state index is 0.0646. The number of furan rings is 1. The third kappa shape index (κ3) is 5.24. The standard InChI is InChI=1S/C19H23F3O3Si/c1-26(2,3)19-9-14(11-25-19)12(8-18(23)24)5-4-6-13-7-16(21)17(22)10-15(13)20/h7,9-12H,4-6,8H2,1-3H3,(H,23,24). The molecule has 0 spiro atoms. The molecule has 1 aromatic carbocycles. The van der Waals surface area contributed by atoms with Gasteiger partial charge in [0.05, 0.1) is 18.1 Å². The van der Waals surface area contributed by atoms with Crippen LogP contribution in [0.2, 0.25) is 19.6 Å². The largest absolute Gasteiger partial charge is 0.481 e. The first-order chi connectivity index (χ1) is 12.1. The van der Waals surface area contributed by atoms with E-state index < -0.39 is 31.5 Å². The van der Waals surface area contributed by atoms with Gasteiger partial charge < -0.3 is 9.52 Å². The van der Waals surface area contributed by atoms with Crippen LogP contribution in [-0.4, -0.2) is 19.1 Å². The van der Waals surface area contributed by atoms with Crippen LogP contribution in [0.1, 0.15) is 36.3 Å². The maximum Gasteiger partial charge on any atom is 0.303 e. The zero-order valence-electron chi connectivity index (χ0n) is 15.1. The molecule has 2 aromatic rings. The van der Waals surface area contributed by atoms with Crippen molar-refractivity contribution in [2.45, 2.75) is 51.2 Å². The maximum atomic E-state index is 13.7. The average Bonchev–Trinajstić information content (AvgIpc) is 3.01. The Kier molecular flexibility index (Phi) is 6.33. The monoisotopic (exact) mass is 384 g/mol. The van der Waals surface area contributed by atoms with Crippen molar-refractivity contribution in [2.24, 2.45) is 0 Å². The van der Waals surface area contributed by atoms with Crippen molar-refractivity contribution in [3.8, 4) is 0 Å². The predicted octanol–water partition coefficient (Wildman–Crippen LogP) is 4.82. The number of rotatable bonds is 8. The Balaban J connectivity index is 2.08. The van der Waals surface area contributed by atoms with Crippen LogP contribution < -0.4 is 5.38 Å². The SMILES string of the molecule is C[Si](C)(C)c1cc(C(CCCc2cc(F)c(F)cc2F)CC(=O)O)co1. The summed E-state index contributed by atoms with van der Waals surface area (Å²) in [6.07, 6.45) is 2.67. The van der Waals surface area contributed by atoms with Crippen LogP contribution in [0.25, 0.3) is 0 Å². The normalized spacial score (nSPS) is 13.0. The smallest absolute Gasteiger partial charge is 0.303 e. The molecule has 0 aliphatic carbocycles. The van der Waals surface area contributed by atoms with Gasteiger partial charge in [-0.25, -0.2) is 13.2 Å². The second-order valence-corrected chi connectivity index (χ2v) is 12.5. The van der Waals surface area contributed by atoms with Crippen molar-refractivity contribution in [3.63, 3.8) is 0 Å². The summed E-state index contributed by atoms with van der Waals surface area (Å²) >= 11 is 0. The number of hydrogen-bond acceptors (Lipinski definition) is 2. The van der Waals surface area contributed by atoms with E-state index in [1.54, 1.807) is 6.26 Å². The Morgan fingerprint density at radius 2 is 1.77 bits per heavy atom. The lowest BCUT2D eigenvalue weighted by Gasteiger charge is -2.14. The lowest BCUT2D eigenvalue weighted by atomic mass is 9.91. The first-order valence-corrected chi connectivity index (χ1v) is 12.0. The number of halogens is 3. The van der Waals surface area contributed by atoms with Crippen LogP contribution in [0.3, 0.4) is 0 Å². The van der Waals surface area contributed by atoms with Crippen molar-refractivity contribution in [1.82, 2.24) is 0 Å². The zero-order valence-corrected chi connectivity index (χ0v) is 16.1. The zero-order chi connectivity index (χ0) is 19.5. The van der Waals surface area contributed by atoms with Gasteiger partial charge in [-0.05, 0) is 48.4 Å². The van der Waals surface area contributed by atoms with Gasteiger partial charge in [-0.15, -0.1) is 0 Å². The summed E-state index contributed by atoms with van der Waals surface area (Å²) in [6.45, 7) is 6.40. The van der Waals surface area contributed by atoms with Gasteiger partial charge in [-0.3, -0.25) is 4.79 Å². The Hall–Kier alpha value is -2.02. The van der Waals surface area contributed by atoms with Gasteiger partial charge in [0, 0.05) is 6.07 Å². The van der Waals surface area contributed by atoms with Crippen LogP contribution >= 0.6 is 0 Å². The fraction of sp³-hybridized carbons (Fsp3) is 0.421. The molecule has 1 atom stereocenters. The summed E-state index contributed by atoms with van der Waals surface area (Å²) in [5, 5.41) is 10.1. The molecule has 1 heterocycles. The molecule has 0 aliphatic heterocycles. The van der Waals surface area contributed by atoms with E-state index in [9.17, 15) is 18.0 Å². The van der Waals surface area contributed by atoms with Crippen LogP contribution in [0.5, 0.6) is 0 Å². The molecule has 2 rings (SSSR count). The molecule has 0 saturated heterocycles. The maximum absolute atomic E-state index is 13.7. The number of benzene rings is 1. The molecule has 1 aromatic heterocycles. The second kappa shape index (κ2) is 8.12. The molecule has 3 nitrogen and oxygen atoms in total. The van der Waals surface area contributed by atoms with E-state index in [-0.39, 0.29) is 24.3 Å². The van der Waals surface area contributed by atoms with Gasteiger partial charge >= 0.3 is 5.97 Å². The van der Waals surface area contributed by atoms with Crippen LogP contribution in [-0.2, 0) is 11.2 Å². The molecule has 1 unspecified atom stereocenters. The van der Waals surface area contributed by atoms with Crippen molar-refractivity contribution in [2.75, 3.05) is 0 Å². The molecule has 142 valence electrons. The summed E-state index contributed by atoms with van der Waals surface area (Å²) in [5.41, 5.74) is 0.906. The summed E-state index contributed by atoms with van der Waals surface area (Å²) in [5.74, 6) is -4.28. The fourth-order valence-electron chi connectivity index (χ4n) is 2.85. The molecule has 7 heteroatoms. The first-order valence-electron chi connectivity index (χ1n) is 8.52. The lowest BCUT2D eigenvalue weighted by Crippen LogP contribution is -2.36. The van der Waals surface area contributed by atoms with E-state index in [0.717, 1.165) is 17.0 Å². The first kappa shape index (κ1) is 20.3. The van der Waals surface area contributed by atoms with Gasteiger partial charge in [0.1, 0.15) is 13.9 Å². The molecule has 0 amide bonds. The number of hydrogen-bond donors (Lipinski definition) is 1. The molecule has 0 radical (unpaired) electrons. The lowest BCUT2D eigenvalue weighted by molar-refractivity contribution is -0.137.